The van der Waals surface area contributed by atoms with Gasteiger partial charge < -0.3 is 14.5 Å². The fourth-order valence-electron chi connectivity index (χ4n) is 10.0. The molecule has 0 aromatic heterocycles. The molecule has 0 saturated heterocycles. The predicted molar refractivity (Wildman–Crippen MR) is 275 cm³/mol. The van der Waals surface area contributed by atoms with E-state index in [1.807, 2.05) is 6.08 Å². The number of anilines is 6. The maximum Gasteiger partial charge on any atom is 0.160 e. The van der Waals surface area contributed by atoms with Gasteiger partial charge in [-0.05, 0) is 123 Å². The second-order valence-corrected chi connectivity index (χ2v) is 17.3. The Morgan fingerprint density at radius 2 is 0.985 bits per heavy atom. The lowest BCUT2D eigenvalue weighted by Gasteiger charge is -2.33. The number of hydrogen-bond donors (Lipinski definition) is 0. The lowest BCUT2D eigenvalue weighted by molar-refractivity contribution is 0.489. The van der Waals surface area contributed by atoms with Crippen LogP contribution in [0.3, 0.4) is 0 Å². The molecule has 1 aliphatic carbocycles. The van der Waals surface area contributed by atoms with E-state index in [4.69, 9.17) is 4.74 Å². The molecular formula is C62H48N2O. The summed E-state index contributed by atoms with van der Waals surface area (Å²) in [5, 5.41) is 2.21. The lowest BCUT2D eigenvalue weighted by Crippen LogP contribution is -2.17. The molecule has 0 unspecified atom stereocenters. The molecule has 0 radical (unpaired) electrons. The average molecular weight is 837 g/mol. The zero-order valence-electron chi connectivity index (χ0n) is 36.9. The molecule has 3 heteroatoms. The zero-order chi connectivity index (χ0) is 44.1. The monoisotopic (exact) mass is 836 g/mol. The number of benzene rings is 9. The molecule has 2 aliphatic rings. The molecule has 11 rings (SSSR count). The number of nitrogens with zero attached hydrogens (tertiary/aromatic N) is 2. The van der Waals surface area contributed by atoms with Crippen molar-refractivity contribution < 1.29 is 4.74 Å². The number of fused-ring (bicyclic) bond motifs is 3. The first-order valence-corrected chi connectivity index (χ1v) is 22.4. The van der Waals surface area contributed by atoms with E-state index in [9.17, 15) is 0 Å². The second kappa shape index (κ2) is 16.2. The summed E-state index contributed by atoms with van der Waals surface area (Å²) in [7, 11) is 0. The van der Waals surface area contributed by atoms with Crippen LogP contribution < -0.4 is 14.5 Å². The van der Waals surface area contributed by atoms with E-state index >= 15 is 0 Å². The van der Waals surface area contributed by atoms with Crippen LogP contribution in [0.4, 0.5) is 34.1 Å². The predicted octanol–water partition coefficient (Wildman–Crippen LogP) is 17.7. The van der Waals surface area contributed by atoms with Crippen molar-refractivity contribution in [2.24, 2.45) is 0 Å². The van der Waals surface area contributed by atoms with E-state index in [0.717, 1.165) is 78.7 Å². The fourth-order valence-corrected chi connectivity index (χ4v) is 10.0. The maximum atomic E-state index is 7.50. The molecule has 0 bridgehead atoms. The minimum atomic E-state index is -0.178. The van der Waals surface area contributed by atoms with Crippen molar-refractivity contribution in [3.8, 4) is 44.9 Å². The van der Waals surface area contributed by atoms with Gasteiger partial charge in [0.15, 0.2) is 11.5 Å². The summed E-state index contributed by atoms with van der Waals surface area (Å²) in [6.45, 7) is 11.0. The third-order valence-corrected chi connectivity index (χ3v) is 13.2. The summed E-state index contributed by atoms with van der Waals surface area (Å²) in [5.74, 6) is 1.63. The number of ether oxygens (including phenoxy) is 1. The van der Waals surface area contributed by atoms with E-state index in [0.29, 0.717) is 0 Å². The van der Waals surface area contributed by atoms with E-state index in [2.05, 4.69) is 256 Å². The summed E-state index contributed by atoms with van der Waals surface area (Å²) in [6, 6.07) is 73.9. The smallest absolute Gasteiger partial charge is 0.160 e. The van der Waals surface area contributed by atoms with Crippen molar-refractivity contribution >= 4 is 50.5 Å². The molecule has 9 aromatic carbocycles. The highest BCUT2D eigenvalue weighted by atomic mass is 16.5. The summed E-state index contributed by atoms with van der Waals surface area (Å²) < 4.78 is 7.50. The molecule has 312 valence electrons. The minimum absolute atomic E-state index is 0.178. The van der Waals surface area contributed by atoms with Gasteiger partial charge in [0.05, 0.1) is 11.4 Å². The molecule has 3 nitrogen and oxygen atoms in total. The van der Waals surface area contributed by atoms with Gasteiger partial charge in [-0.25, -0.2) is 0 Å². The van der Waals surface area contributed by atoms with Crippen LogP contribution in [-0.2, 0) is 5.41 Å². The van der Waals surface area contributed by atoms with Gasteiger partial charge >= 0.3 is 0 Å². The first-order chi connectivity index (χ1) is 31.9. The third kappa shape index (κ3) is 6.76. The van der Waals surface area contributed by atoms with Gasteiger partial charge in [0, 0.05) is 39.1 Å². The van der Waals surface area contributed by atoms with Gasteiger partial charge in [-0.1, -0.05) is 184 Å². The molecule has 0 amide bonds. The Kier molecular flexibility index (Phi) is 9.89. The minimum Gasteiger partial charge on any atom is -0.452 e. The molecule has 1 heterocycles. The van der Waals surface area contributed by atoms with Crippen LogP contribution in [0.25, 0.3) is 49.7 Å². The normalized spacial score (nSPS) is 13.3. The first-order valence-electron chi connectivity index (χ1n) is 22.4. The SMILES string of the molecule is C=CC1=C(/C=C\C)C(C)(C)c2ccc(N(c3ccc(-c4ccc(-c5ccccc5)cc4)cc3)c3ccc4cccc5c4c3Oc3c-5cccc3N(c3ccccc3)c3ccccc3)cc21. The van der Waals surface area contributed by atoms with Crippen LogP contribution in [0.15, 0.2) is 237 Å². The maximum absolute atomic E-state index is 7.50. The van der Waals surface area contributed by atoms with Crippen molar-refractivity contribution in [2.75, 3.05) is 9.80 Å². The van der Waals surface area contributed by atoms with Crippen molar-refractivity contribution in [1.82, 2.24) is 0 Å². The molecule has 0 saturated carbocycles. The Bertz CT molecular complexity index is 3270. The van der Waals surface area contributed by atoms with Gasteiger partial charge in [0.2, 0.25) is 0 Å². The highest BCUT2D eigenvalue weighted by molar-refractivity contribution is 6.09. The van der Waals surface area contributed by atoms with Gasteiger partial charge in [0.25, 0.3) is 0 Å². The van der Waals surface area contributed by atoms with E-state index in [1.165, 1.54) is 33.4 Å². The Labute approximate surface area is 382 Å². The van der Waals surface area contributed by atoms with Crippen molar-refractivity contribution in [3.05, 3.63) is 248 Å². The Hall–Kier alpha value is -8.14. The molecule has 1 aliphatic heterocycles. The van der Waals surface area contributed by atoms with Crippen LogP contribution >= 0.6 is 0 Å². The Morgan fingerprint density at radius 3 is 1.62 bits per heavy atom. The quantitative estimate of drug-likeness (QED) is 0.136. The number of hydrogen-bond acceptors (Lipinski definition) is 3. The Balaban J connectivity index is 1.10. The van der Waals surface area contributed by atoms with Crippen molar-refractivity contribution in [1.29, 1.82) is 0 Å². The van der Waals surface area contributed by atoms with Crippen molar-refractivity contribution in [3.63, 3.8) is 0 Å². The van der Waals surface area contributed by atoms with Crippen molar-refractivity contribution in [2.45, 2.75) is 26.2 Å². The molecule has 0 fully saturated rings. The lowest BCUT2D eigenvalue weighted by atomic mass is 9.81. The molecular weight excluding hydrogens is 789 g/mol. The van der Waals surface area contributed by atoms with Gasteiger partial charge in [0.1, 0.15) is 0 Å². The highest BCUT2D eigenvalue weighted by Gasteiger charge is 2.37. The molecule has 65 heavy (non-hydrogen) atoms. The molecule has 0 spiro atoms. The Morgan fingerprint density at radius 1 is 0.462 bits per heavy atom. The van der Waals surface area contributed by atoms with Crippen LogP contribution in [0.5, 0.6) is 11.5 Å². The summed E-state index contributed by atoms with van der Waals surface area (Å²) in [4.78, 5) is 4.67. The third-order valence-electron chi connectivity index (χ3n) is 13.2. The topological polar surface area (TPSA) is 15.7 Å². The standard InChI is InChI=1S/C62H48N2O/c1-5-18-55-51(6-2)54-41-50(38-39-56(54)62(55,3)4)64(49-36-33-45(34-37-49)44-31-29-43(30-32-44)42-19-10-7-11-20-42)58-40-35-46-21-16-26-52-53-27-17-28-57(60(53)65-61(58)59(46)52)63(47-22-12-8-13-23-47)48-24-14-9-15-25-48/h5-41H,2H2,1,3-4H3/b18-5-. The van der Waals surface area contributed by atoms with Gasteiger partial charge in [-0.3, -0.25) is 0 Å². The van der Waals surface area contributed by atoms with Gasteiger partial charge in [-0.2, -0.15) is 0 Å². The number of rotatable bonds is 10. The fraction of sp³-hybridized carbons (Fsp3) is 0.0645. The highest BCUT2D eigenvalue weighted by Crippen LogP contribution is 2.57. The zero-order valence-corrected chi connectivity index (χ0v) is 36.9. The average Bonchev–Trinajstić information content (AvgIpc) is 3.57. The molecule has 0 atom stereocenters. The summed E-state index contributed by atoms with van der Waals surface area (Å²) >= 11 is 0. The van der Waals surface area contributed by atoms with Crippen LogP contribution in [0.2, 0.25) is 0 Å². The first kappa shape index (κ1) is 39.7. The van der Waals surface area contributed by atoms with Crippen LogP contribution in [-0.4, -0.2) is 0 Å². The van der Waals surface area contributed by atoms with Crippen LogP contribution in [0, 0.1) is 0 Å². The van der Waals surface area contributed by atoms with E-state index in [1.54, 1.807) is 0 Å². The van der Waals surface area contributed by atoms with Crippen LogP contribution in [0.1, 0.15) is 31.9 Å². The number of para-hydroxylation sites is 3. The van der Waals surface area contributed by atoms with Gasteiger partial charge in [-0.15, -0.1) is 0 Å². The largest absolute Gasteiger partial charge is 0.452 e. The second-order valence-electron chi connectivity index (χ2n) is 17.3. The van der Waals surface area contributed by atoms with E-state index < -0.39 is 0 Å². The summed E-state index contributed by atoms with van der Waals surface area (Å²) in [6.07, 6.45) is 6.40. The number of allylic oxidation sites excluding steroid dienone is 5. The summed E-state index contributed by atoms with van der Waals surface area (Å²) in [5.41, 5.74) is 17.7. The molecule has 9 aromatic rings. The van der Waals surface area contributed by atoms with E-state index in [-0.39, 0.29) is 5.41 Å². The molecule has 0 N–H and O–H groups in total.